The van der Waals surface area contributed by atoms with Gasteiger partial charge in [-0.05, 0) is 72.9 Å². The van der Waals surface area contributed by atoms with E-state index in [-0.39, 0.29) is 16.5 Å². The fourth-order valence-electron chi connectivity index (χ4n) is 3.15. The van der Waals surface area contributed by atoms with E-state index in [1.165, 1.54) is 24.4 Å². The molecular weight excluding hydrogens is 529 g/mol. The summed E-state index contributed by atoms with van der Waals surface area (Å²) in [5, 5.41) is 3.99. The third-order valence-corrected chi connectivity index (χ3v) is 6.72. The molecule has 0 aliphatic heterocycles. The molecule has 1 amide bonds. The zero-order valence-electron chi connectivity index (χ0n) is 21.3. The van der Waals surface area contributed by atoms with E-state index in [1.54, 1.807) is 41.5 Å². The van der Waals surface area contributed by atoms with E-state index in [9.17, 15) is 18.0 Å². The number of carbonyl (C=O) groups excluding carboxylic acids is 2. The van der Waals surface area contributed by atoms with Crippen molar-refractivity contribution in [2.24, 2.45) is 0 Å². The number of ether oxygens (including phenoxy) is 2. The number of carbonyl (C=O) groups is 2. The summed E-state index contributed by atoms with van der Waals surface area (Å²) in [5.41, 5.74) is -1.42. The Kier molecular flexibility index (Phi) is 9.98. The highest BCUT2D eigenvalue weighted by molar-refractivity contribution is 7.89. The third-order valence-electron chi connectivity index (χ3n) is 4.65. The summed E-state index contributed by atoms with van der Waals surface area (Å²) in [6.45, 7) is 10.7. The van der Waals surface area contributed by atoms with Crippen molar-refractivity contribution in [2.45, 2.75) is 82.9 Å². The Morgan fingerprint density at radius 1 is 1.00 bits per heavy atom. The van der Waals surface area contributed by atoms with Crippen LogP contribution in [0.5, 0.6) is 0 Å². The van der Waals surface area contributed by atoms with Gasteiger partial charge in [0.2, 0.25) is 10.0 Å². The Balaban J connectivity index is 2.14. The van der Waals surface area contributed by atoms with Crippen molar-refractivity contribution >= 4 is 56.1 Å². The number of hydrogen-bond donors (Lipinski definition) is 2. The monoisotopic (exact) mass is 561 g/mol. The molecule has 0 radical (unpaired) electrons. The molecule has 0 saturated heterocycles. The number of amides is 1. The first-order valence-corrected chi connectivity index (χ1v) is 13.7. The number of nitrogens with zero attached hydrogens (tertiary/aromatic N) is 1. The zero-order chi connectivity index (χ0) is 27.3. The molecule has 0 fully saturated rings. The number of benzene rings is 1. The van der Waals surface area contributed by atoms with E-state index in [4.69, 9.17) is 32.7 Å². The lowest BCUT2D eigenvalue weighted by molar-refractivity contribution is -0.157. The van der Waals surface area contributed by atoms with Crippen molar-refractivity contribution in [1.29, 1.82) is 0 Å². The van der Waals surface area contributed by atoms with Crippen LogP contribution in [0.15, 0.2) is 29.3 Å². The lowest BCUT2D eigenvalue weighted by Gasteiger charge is -2.24. The number of unbranched alkanes of at least 4 members (excludes halogenated alkanes) is 1. The lowest BCUT2D eigenvalue weighted by atomic mass is 10.1. The topological polar surface area (TPSA) is 124 Å². The van der Waals surface area contributed by atoms with Crippen molar-refractivity contribution in [3.63, 3.8) is 0 Å². The maximum atomic E-state index is 13.2. The normalized spacial score (nSPS) is 13.3. The van der Waals surface area contributed by atoms with Gasteiger partial charge in [0, 0.05) is 23.5 Å². The number of hydrogen-bond acceptors (Lipinski definition) is 7. The van der Waals surface area contributed by atoms with Crippen LogP contribution in [0.2, 0.25) is 10.2 Å². The minimum Gasteiger partial charge on any atom is -0.459 e. The van der Waals surface area contributed by atoms with Crippen molar-refractivity contribution < 1.29 is 27.5 Å². The number of pyridine rings is 1. The molecule has 1 heterocycles. The van der Waals surface area contributed by atoms with Crippen LogP contribution >= 0.6 is 23.2 Å². The molecule has 9 nitrogen and oxygen atoms in total. The highest BCUT2D eigenvalue weighted by atomic mass is 35.5. The van der Waals surface area contributed by atoms with Gasteiger partial charge >= 0.3 is 12.1 Å². The second kappa shape index (κ2) is 11.9. The van der Waals surface area contributed by atoms with Gasteiger partial charge in [-0.3, -0.25) is 4.79 Å². The largest absolute Gasteiger partial charge is 0.459 e. The highest BCUT2D eigenvalue weighted by Crippen LogP contribution is 2.30. The molecule has 1 atom stereocenters. The number of fused-ring (bicyclic) bond motifs is 1. The molecule has 0 spiro atoms. The van der Waals surface area contributed by atoms with Crippen LogP contribution in [0.1, 0.15) is 60.8 Å². The molecule has 1 aromatic heterocycles. The first-order valence-electron chi connectivity index (χ1n) is 11.4. The quantitative estimate of drug-likeness (QED) is 0.244. The molecule has 2 rings (SSSR count). The maximum Gasteiger partial charge on any atom is 0.407 e. The van der Waals surface area contributed by atoms with Crippen molar-refractivity contribution in [3.05, 3.63) is 34.6 Å². The van der Waals surface area contributed by atoms with Gasteiger partial charge in [0.15, 0.2) is 0 Å². The summed E-state index contributed by atoms with van der Waals surface area (Å²) in [6, 6.07) is 3.13. The molecule has 0 saturated carbocycles. The highest BCUT2D eigenvalue weighted by Gasteiger charge is 2.30. The summed E-state index contributed by atoms with van der Waals surface area (Å²) >= 11 is 12.3. The van der Waals surface area contributed by atoms with Crippen molar-refractivity contribution in [3.8, 4) is 0 Å². The van der Waals surface area contributed by atoms with Crippen LogP contribution in [0.25, 0.3) is 10.8 Å². The van der Waals surface area contributed by atoms with Gasteiger partial charge in [0.1, 0.15) is 22.4 Å². The van der Waals surface area contributed by atoms with Gasteiger partial charge in [-0.25, -0.2) is 18.2 Å². The molecule has 2 N–H and O–H groups in total. The summed E-state index contributed by atoms with van der Waals surface area (Å²) < 4.78 is 39.4. The SMILES string of the molecule is CC(C)(C)OC(=O)NCCCC[C@@H](NS(=O)(=O)c1ccc2c(Cl)cnc(Cl)c2c1)C(=O)OC(C)(C)C. The first kappa shape index (κ1) is 30.1. The van der Waals surface area contributed by atoms with Gasteiger partial charge < -0.3 is 14.8 Å². The van der Waals surface area contributed by atoms with E-state index in [2.05, 4.69) is 15.0 Å². The lowest BCUT2D eigenvalue weighted by Crippen LogP contribution is -2.44. The average Bonchev–Trinajstić information content (AvgIpc) is 2.72. The Morgan fingerprint density at radius 3 is 2.25 bits per heavy atom. The minimum atomic E-state index is -4.13. The molecule has 12 heteroatoms. The predicted octanol–water partition coefficient (Wildman–Crippen LogP) is 5.23. The van der Waals surface area contributed by atoms with E-state index in [0.717, 1.165) is 0 Å². The van der Waals surface area contributed by atoms with Crippen LogP contribution in [0, 0.1) is 0 Å². The van der Waals surface area contributed by atoms with Crippen molar-refractivity contribution in [2.75, 3.05) is 6.54 Å². The second-order valence-corrected chi connectivity index (χ2v) is 12.7. The third kappa shape index (κ3) is 9.38. The van der Waals surface area contributed by atoms with Crippen LogP contribution in [0.3, 0.4) is 0 Å². The average molecular weight is 563 g/mol. The van der Waals surface area contributed by atoms with Gasteiger partial charge in [-0.1, -0.05) is 29.3 Å². The minimum absolute atomic E-state index is 0.0962. The first-order chi connectivity index (χ1) is 16.5. The second-order valence-electron chi connectivity index (χ2n) is 10.2. The van der Waals surface area contributed by atoms with Gasteiger partial charge in [-0.2, -0.15) is 4.72 Å². The van der Waals surface area contributed by atoms with E-state index in [1.807, 2.05) is 0 Å². The predicted molar refractivity (Wildman–Crippen MR) is 140 cm³/mol. The van der Waals surface area contributed by atoms with Gasteiger partial charge in [-0.15, -0.1) is 0 Å². The zero-order valence-corrected chi connectivity index (χ0v) is 23.6. The molecular formula is C24H33Cl2N3O6S. The molecule has 2 aromatic rings. The number of sulfonamides is 1. The number of rotatable bonds is 9. The summed E-state index contributed by atoms with van der Waals surface area (Å²) in [6.07, 6.45) is 1.93. The van der Waals surface area contributed by atoms with Crippen LogP contribution < -0.4 is 10.0 Å². The Bertz CT molecular complexity index is 1210. The fourth-order valence-corrected chi connectivity index (χ4v) is 4.82. The number of nitrogens with one attached hydrogen (secondary N) is 2. The standard InChI is InChI=1S/C24H33Cl2N3O6S/c1-23(2,3)34-21(30)19(9-7-8-12-27-22(31)35-24(4,5)6)29-36(32,33)15-10-11-16-17(13-15)20(26)28-14-18(16)25/h10-11,13-14,19,29H,7-9,12H2,1-6H3,(H,27,31)/t19-/m1/s1. The van der Waals surface area contributed by atoms with Gasteiger partial charge in [0.25, 0.3) is 0 Å². The number of esters is 1. The van der Waals surface area contributed by atoms with Crippen LogP contribution in [-0.2, 0) is 24.3 Å². The molecule has 0 aliphatic carbocycles. The maximum absolute atomic E-state index is 13.2. The van der Waals surface area contributed by atoms with E-state index >= 15 is 0 Å². The summed E-state index contributed by atoms with van der Waals surface area (Å²) in [4.78, 5) is 28.5. The number of halogens is 2. The molecule has 36 heavy (non-hydrogen) atoms. The van der Waals surface area contributed by atoms with Crippen LogP contribution in [-0.4, -0.2) is 49.3 Å². The summed E-state index contributed by atoms with van der Waals surface area (Å²) in [7, 11) is -4.13. The smallest absolute Gasteiger partial charge is 0.407 e. The van der Waals surface area contributed by atoms with Crippen LogP contribution in [0.4, 0.5) is 4.79 Å². The molecule has 200 valence electrons. The fraction of sp³-hybridized carbons (Fsp3) is 0.542. The van der Waals surface area contributed by atoms with E-state index in [0.29, 0.717) is 35.2 Å². The summed E-state index contributed by atoms with van der Waals surface area (Å²) in [5.74, 6) is -0.699. The molecule has 0 unspecified atom stereocenters. The van der Waals surface area contributed by atoms with E-state index < -0.39 is 39.3 Å². The van der Waals surface area contributed by atoms with Gasteiger partial charge in [0.05, 0.1) is 9.92 Å². The molecule has 0 bridgehead atoms. The Hall–Kier alpha value is -2.14. The Labute approximate surface area is 222 Å². The molecule has 1 aromatic carbocycles. The molecule has 0 aliphatic rings. The Morgan fingerprint density at radius 2 is 1.64 bits per heavy atom. The van der Waals surface area contributed by atoms with Crippen molar-refractivity contribution in [1.82, 2.24) is 15.0 Å². The number of aromatic nitrogens is 1. The number of alkyl carbamates (subject to hydrolysis) is 1.